The van der Waals surface area contributed by atoms with Gasteiger partial charge in [-0.05, 0) is 20.8 Å². The molecule has 0 spiro atoms. The molecule has 0 N–H and O–H groups in total. The number of carbonyl (C=O) groups is 4. The van der Waals surface area contributed by atoms with Crippen molar-refractivity contribution in [2.24, 2.45) is 5.41 Å². The lowest BCUT2D eigenvalue weighted by Gasteiger charge is -2.33. The molecule has 0 aromatic rings. The molecule has 8 nitrogen and oxygen atoms in total. The number of hydrogen-bond acceptors (Lipinski definition) is 8. The molecule has 0 atom stereocenters. The van der Waals surface area contributed by atoms with E-state index in [4.69, 9.17) is 18.9 Å². The van der Waals surface area contributed by atoms with Crippen molar-refractivity contribution in [3.63, 3.8) is 0 Å². The summed E-state index contributed by atoms with van der Waals surface area (Å²) >= 11 is 0. The van der Waals surface area contributed by atoms with E-state index >= 15 is 0 Å². The van der Waals surface area contributed by atoms with Crippen molar-refractivity contribution in [2.45, 2.75) is 26.4 Å². The second-order valence-electron chi connectivity index (χ2n) is 6.26. The van der Waals surface area contributed by atoms with Crippen molar-refractivity contribution in [1.82, 2.24) is 0 Å². The summed E-state index contributed by atoms with van der Waals surface area (Å²) in [5.74, 6) is -3.08. The Bertz CT molecular complexity index is 523. The quantitative estimate of drug-likeness (QED) is 0.324. The molecule has 0 rings (SSSR count). The van der Waals surface area contributed by atoms with Crippen LogP contribution in [0.25, 0.3) is 0 Å². The predicted octanol–water partition coefficient (Wildman–Crippen LogP) is 1.50. The van der Waals surface area contributed by atoms with Crippen LogP contribution < -0.4 is 0 Å². The highest BCUT2D eigenvalue weighted by molar-refractivity contribution is 5.82. The third-order valence-electron chi connectivity index (χ3n) is 2.85. The summed E-state index contributed by atoms with van der Waals surface area (Å²) in [7, 11) is 0. The third kappa shape index (κ3) is 8.27. The van der Waals surface area contributed by atoms with Crippen molar-refractivity contribution in [3.05, 3.63) is 38.0 Å². The lowest BCUT2D eigenvalue weighted by Crippen LogP contribution is -2.51. The Kier molecular flexibility index (Phi) is 9.04. The zero-order valence-corrected chi connectivity index (χ0v) is 15.2. The fourth-order valence-corrected chi connectivity index (χ4v) is 1.35. The number of rotatable bonds is 10. The molecule has 0 fully saturated rings. The van der Waals surface area contributed by atoms with E-state index in [2.05, 4.69) is 19.7 Å². The SMILES string of the molecule is C=CC(=O)OCC(COC(=O)C=C)(COC(=O)C=C)OC(=O)C(C)(C)C. The fraction of sp³-hybridized carbons (Fsp3) is 0.444. The van der Waals surface area contributed by atoms with Crippen molar-refractivity contribution >= 4 is 23.9 Å². The van der Waals surface area contributed by atoms with Gasteiger partial charge in [-0.1, -0.05) is 19.7 Å². The Morgan fingerprint density at radius 1 is 0.731 bits per heavy atom. The Labute approximate surface area is 152 Å². The van der Waals surface area contributed by atoms with Crippen LogP contribution in [0.2, 0.25) is 0 Å². The van der Waals surface area contributed by atoms with Gasteiger partial charge >= 0.3 is 23.9 Å². The molecule has 0 aromatic heterocycles. The summed E-state index contributed by atoms with van der Waals surface area (Å²) in [5.41, 5.74) is -2.67. The second kappa shape index (κ2) is 10.2. The minimum absolute atomic E-state index is 0.533. The largest absolute Gasteiger partial charge is 0.458 e. The van der Waals surface area contributed by atoms with Crippen LogP contribution >= 0.6 is 0 Å². The molecule has 144 valence electrons. The highest BCUT2D eigenvalue weighted by Crippen LogP contribution is 2.23. The van der Waals surface area contributed by atoms with Crippen molar-refractivity contribution in [1.29, 1.82) is 0 Å². The van der Waals surface area contributed by atoms with Crippen LogP contribution in [0.1, 0.15) is 20.8 Å². The summed E-state index contributed by atoms with van der Waals surface area (Å²) in [6, 6.07) is 0. The van der Waals surface area contributed by atoms with E-state index in [0.717, 1.165) is 18.2 Å². The van der Waals surface area contributed by atoms with E-state index in [1.807, 2.05) is 0 Å². The van der Waals surface area contributed by atoms with Crippen LogP contribution in [0.3, 0.4) is 0 Å². The van der Waals surface area contributed by atoms with E-state index in [0.29, 0.717) is 0 Å². The number of esters is 4. The summed E-state index contributed by atoms with van der Waals surface area (Å²) in [6.07, 6.45) is 2.71. The zero-order chi connectivity index (χ0) is 20.4. The van der Waals surface area contributed by atoms with E-state index in [1.54, 1.807) is 20.8 Å². The minimum Gasteiger partial charge on any atom is -0.458 e. The molecule has 0 aliphatic carbocycles. The lowest BCUT2D eigenvalue weighted by atomic mass is 9.96. The van der Waals surface area contributed by atoms with Gasteiger partial charge in [0.15, 0.2) is 0 Å². The molecular weight excluding hydrogens is 344 g/mol. The maximum atomic E-state index is 12.3. The Morgan fingerprint density at radius 2 is 1.04 bits per heavy atom. The molecule has 0 bridgehead atoms. The van der Waals surface area contributed by atoms with E-state index in [1.165, 1.54) is 0 Å². The fourth-order valence-electron chi connectivity index (χ4n) is 1.35. The van der Waals surface area contributed by atoms with Crippen LogP contribution in [0.5, 0.6) is 0 Å². The summed E-state index contributed by atoms with van der Waals surface area (Å²) in [5, 5.41) is 0. The molecule has 0 saturated heterocycles. The van der Waals surface area contributed by atoms with Gasteiger partial charge in [-0.2, -0.15) is 0 Å². The van der Waals surface area contributed by atoms with E-state index in [9.17, 15) is 19.2 Å². The number of carbonyl (C=O) groups excluding carboxylic acids is 4. The Hall–Kier alpha value is -2.90. The minimum atomic E-state index is -1.75. The van der Waals surface area contributed by atoms with Crippen LogP contribution in [0, 0.1) is 5.41 Å². The maximum absolute atomic E-state index is 12.3. The highest BCUT2D eigenvalue weighted by atomic mass is 16.6. The highest BCUT2D eigenvalue weighted by Gasteiger charge is 2.42. The van der Waals surface area contributed by atoms with Crippen molar-refractivity contribution in [3.8, 4) is 0 Å². The first-order chi connectivity index (χ1) is 12.0. The van der Waals surface area contributed by atoms with Gasteiger partial charge < -0.3 is 18.9 Å². The van der Waals surface area contributed by atoms with Crippen LogP contribution in [0.4, 0.5) is 0 Å². The molecule has 0 saturated carbocycles. The van der Waals surface area contributed by atoms with Crippen LogP contribution in [0.15, 0.2) is 38.0 Å². The average molecular weight is 368 g/mol. The Balaban J connectivity index is 5.63. The van der Waals surface area contributed by atoms with Crippen LogP contribution in [-0.2, 0) is 38.1 Å². The predicted molar refractivity (Wildman–Crippen MR) is 91.7 cm³/mol. The summed E-state index contributed by atoms with van der Waals surface area (Å²) < 4.78 is 20.2. The molecular formula is C18H24O8. The van der Waals surface area contributed by atoms with Gasteiger partial charge in [0.05, 0.1) is 5.41 Å². The Morgan fingerprint density at radius 3 is 1.27 bits per heavy atom. The molecule has 0 aliphatic rings. The first kappa shape index (κ1) is 23.1. The molecule has 0 heterocycles. The molecule has 0 radical (unpaired) electrons. The number of hydrogen-bond donors (Lipinski definition) is 0. The second-order valence-corrected chi connectivity index (χ2v) is 6.26. The molecule has 0 amide bonds. The lowest BCUT2D eigenvalue weighted by molar-refractivity contribution is -0.198. The molecule has 0 aliphatic heterocycles. The van der Waals surface area contributed by atoms with Gasteiger partial charge in [-0.25, -0.2) is 14.4 Å². The monoisotopic (exact) mass is 368 g/mol. The van der Waals surface area contributed by atoms with Gasteiger partial charge in [0.2, 0.25) is 5.60 Å². The summed E-state index contributed by atoms with van der Waals surface area (Å²) in [6.45, 7) is 13.0. The van der Waals surface area contributed by atoms with Crippen molar-refractivity contribution < 1.29 is 38.1 Å². The van der Waals surface area contributed by atoms with Gasteiger partial charge in [-0.3, -0.25) is 4.79 Å². The first-order valence-corrected chi connectivity index (χ1v) is 7.60. The van der Waals surface area contributed by atoms with E-state index in [-0.39, 0.29) is 0 Å². The molecule has 8 heteroatoms. The van der Waals surface area contributed by atoms with E-state index < -0.39 is 54.7 Å². The topological polar surface area (TPSA) is 105 Å². The first-order valence-electron chi connectivity index (χ1n) is 7.60. The van der Waals surface area contributed by atoms with Gasteiger partial charge in [-0.15, -0.1) is 0 Å². The van der Waals surface area contributed by atoms with Gasteiger partial charge in [0.25, 0.3) is 0 Å². The van der Waals surface area contributed by atoms with Gasteiger partial charge in [0.1, 0.15) is 19.8 Å². The zero-order valence-electron chi connectivity index (χ0n) is 15.2. The standard InChI is InChI=1S/C18H24O8/c1-7-13(19)23-10-18(11-24-14(20)8-2,12-25-15(21)9-3)26-16(22)17(4,5)6/h7-9H,1-3,10-12H2,4-6H3. The average Bonchev–Trinajstić information content (AvgIpc) is 2.60. The smallest absolute Gasteiger partial charge is 0.330 e. The molecule has 0 aromatic carbocycles. The third-order valence-corrected chi connectivity index (χ3v) is 2.85. The van der Waals surface area contributed by atoms with Crippen molar-refractivity contribution in [2.75, 3.05) is 19.8 Å². The molecule has 26 heavy (non-hydrogen) atoms. The normalized spacial score (nSPS) is 10.9. The van der Waals surface area contributed by atoms with Crippen LogP contribution in [-0.4, -0.2) is 49.3 Å². The molecule has 0 unspecified atom stereocenters. The number of ether oxygens (including phenoxy) is 4. The maximum Gasteiger partial charge on any atom is 0.330 e. The van der Waals surface area contributed by atoms with Gasteiger partial charge in [0, 0.05) is 18.2 Å². The summed E-state index contributed by atoms with van der Waals surface area (Å²) in [4.78, 5) is 46.5.